The highest BCUT2D eigenvalue weighted by Crippen LogP contribution is 2.27. The Morgan fingerprint density at radius 2 is 0.887 bits per heavy atom. The molecule has 11 N–H and O–H groups in total. The fourth-order valence-corrected chi connectivity index (χ4v) is 9.24. The predicted octanol–water partition coefficient (Wildman–Crippen LogP) is 14.8. The molecule has 1 saturated heterocycles. The molecule has 24 nitrogen and oxygen atoms in total. The molecule has 546 valence electrons. The minimum Gasteiger partial charge on any atom is -0.618 e. The first kappa shape index (κ1) is 83.8. The molecule has 0 bridgehead atoms. The first-order valence-corrected chi connectivity index (χ1v) is 33.7. The second-order valence-corrected chi connectivity index (χ2v) is 22.9. The number of hydrogen-bond acceptors (Lipinski definition) is 18. The van der Waals surface area contributed by atoms with Crippen molar-refractivity contribution < 1.29 is 67.8 Å². The van der Waals surface area contributed by atoms with E-state index in [4.69, 9.17) is 56.4 Å². The van der Waals surface area contributed by atoms with Crippen LogP contribution in [0.2, 0.25) is 0 Å². The Morgan fingerprint density at radius 3 is 1.32 bits per heavy atom. The number of benzene rings is 6. The number of aliphatic hydroxyl groups excluding tert-OH is 1. The Balaban J connectivity index is 0.000000233. The minimum absolute atomic E-state index is 0.00365. The number of halogens is 1. The lowest BCUT2D eigenvalue weighted by molar-refractivity contribution is -0.596. The molecule has 0 saturated carbocycles. The molecule has 0 spiro atoms. The van der Waals surface area contributed by atoms with Gasteiger partial charge in [-0.05, 0) is 143 Å². The number of ether oxygens (including phenoxy) is 2. The van der Waals surface area contributed by atoms with E-state index in [9.17, 15) is 29.6 Å². The van der Waals surface area contributed by atoms with Crippen molar-refractivity contribution in [2.45, 2.75) is 41.5 Å². The highest BCUT2D eigenvalue weighted by atomic mass is 79.9. The first-order valence-electron chi connectivity index (χ1n) is 32.9. The van der Waals surface area contributed by atoms with Gasteiger partial charge in [-0.3, -0.25) is 4.79 Å². The number of carboxylic acids is 3. The second kappa shape index (κ2) is 44.5. The molecule has 0 unspecified atom stereocenters. The Kier molecular flexibility index (Phi) is 35.2. The zero-order valence-corrected chi connectivity index (χ0v) is 60.8. The van der Waals surface area contributed by atoms with Crippen LogP contribution in [0, 0.1) is 15.8 Å². The minimum atomic E-state index is -1.23. The highest BCUT2D eigenvalue weighted by Gasteiger charge is 2.33. The molecule has 106 heavy (non-hydrogen) atoms. The smallest absolute Gasteiger partial charge is 0.493 e. The van der Waals surface area contributed by atoms with E-state index >= 15 is 0 Å². The van der Waals surface area contributed by atoms with Gasteiger partial charge < -0.3 is 72.1 Å². The third-order valence-corrected chi connectivity index (χ3v) is 14.2. The van der Waals surface area contributed by atoms with Crippen molar-refractivity contribution in [3.8, 4) is 56.8 Å². The molecular formula is C80H82BBrN10O14. The number of carbonyl (C=O) groups excluding carboxylic acids is 1. The van der Waals surface area contributed by atoms with Crippen LogP contribution in [0.4, 0.5) is 23.0 Å². The number of aliphatic hydroxyl groups is 1. The van der Waals surface area contributed by atoms with Gasteiger partial charge in [-0.1, -0.05) is 151 Å². The summed E-state index contributed by atoms with van der Waals surface area (Å²) in [7, 11) is 0.823. The van der Waals surface area contributed by atoms with Crippen LogP contribution in [0.5, 0.6) is 23.0 Å². The Morgan fingerprint density at radius 1 is 0.481 bits per heavy atom. The average Bonchev–Trinajstić information content (AvgIpc) is 0.787. The van der Waals surface area contributed by atoms with Crippen molar-refractivity contribution in [2.24, 2.45) is 5.41 Å². The maximum Gasteiger partial charge on any atom is 0.493 e. The average molecular weight is 1500 g/mol. The normalized spacial score (nSPS) is 11.0. The highest BCUT2D eigenvalue weighted by molar-refractivity contribution is 9.10. The van der Waals surface area contributed by atoms with E-state index in [0.717, 1.165) is 42.7 Å². The monoisotopic (exact) mass is 1500 g/mol. The number of nitrogens with zero attached hydrogens (tertiary/aromatic N) is 6. The summed E-state index contributed by atoms with van der Waals surface area (Å²) < 4.78 is 24.2. The summed E-state index contributed by atoms with van der Waals surface area (Å²) in [5, 5.41) is 60.2. The summed E-state index contributed by atoms with van der Waals surface area (Å²) in [6.45, 7) is 13.8. The molecule has 0 aliphatic carbocycles. The van der Waals surface area contributed by atoms with E-state index in [-0.39, 0.29) is 35.3 Å². The van der Waals surface area contributed by atoms with Gasteiger partial charge in [0.2, 0.25) is 11.4 Å². The molecule has 6 aromatic carbocycles. The Bertz CT molecular complexity index is 4650. The van der Waals surface area contributed by atoms with E-state index in [1.54, 1.807) is 158 Å². The molecule has 1 amide bonds. The Hall–Kier alpha value is -12.9. The number of nitrogens with two attached hydrogens (primary N) is 3. The third-order valence-electron chi connectivity index (χ3n) is 13.7. The van der Waals surface area contributed by atoms with Gasteiger partial charge in [-0.15, -0.1) is 0 Å². The van der Waals surface area contributed by atoms with Crippen LogP contribution in [0.3, 0.4) is 0 Å². The molecule has 6 aromatic heterocycles. The van der Waals surface area contributed by atoms with Crippen LogP contribution in [0.25, 0.3) is 33.8 Å². The molecule has 7 heterocycles. The number of aromatic carboxylic acids is 3. The van der Waals surface area contributed by atoms with Crippen molar-refractivity contribution >= 4 is 75.3 Å². The molecule has 1 aliphatic rings. The zero-order valence-electron chi connectivity index (χ0n) is 59.2. The number of pyridine rings is 6. The molecule has 0 atom stereocenters. The number of carboxylic acid groups (broad SMARTS) is 3. The van der Waals surface area contributed by atoms with E-state index in [1.165, 1.54) is 24.3 Å². The fraction of sp³-hybridized carbons (Fsp3) is 0.125. The van der Waals surface area contributed by atoms with Gasteiger partial charge in [-0.2, -0.15) is 9.46 Å². The number of aromatic nitrogens is 6. The summed E-state index contributed by atoms with van der Waals surface area (Å²) in [5.74, 6) is -0.446. The number of hydrogen-bond donors (Lipinski definition) is 8. The van der Waals surface area contributed by atoms with Crippen molar-refractivity contribution in [3.05, 3.63) is 317 Å². The molecule has 13 rings (SSSR count). The van der Waals surface area contributed by atoms with Crippen LogP contribution >= 0.6 is 15.9 Å². The zero-order chi connectivity index (χ0) is 77.4. The summed E-state index contributed by atoms with van der Waals surface area (Å²) in [5.41, 5.74) is 22.8. The molecule has 12 aromatic rings. The first-order chi connectivity index (χ1) is 51.2. The third kappa shape index (κ3) is 27.8. The van der Waals surface area contributed by atoms with Gasteiger partial charge >= 0.3 is 36.6 Å². The lowest BCUT2D eigenvalue weighted by Gasteiger charge is -2.33. The quantitative estimate of drug-likeness (QED) is 0.0175. The number of nitrogen functional groups attached to an aromatic ring is 3. The van der Waals surface area contributed by atoms with Gasteiger partial charge in [0.15, 0.2) is 0 Å². The standard InChI is InChI=1S/C23H18N4O3.C12H9NO3.C12H9NO2.C11H15BO2.C11H11N3O.C6H4BrNO2.2C2H6.CH4O/c24-22-15-19(13-14-25-22)30-18-11-9-17(10-12-18)26-23(28)21-8-4-7-20(27(21)29)16-5-2-1-3-6-16;14-12(15)11-8-4-7-10(13(11)16)9-5-2-1-3-6-9;14-12(15)11-8-4-7-10(13-11)9-5-2-1-3-6-9;1-11(2)8-13-12(14-9-11)10-6-4-3-5-7-10;12-8-1-3-9(4-2-8)15-10-5-6-14-11(13)7-10;7-5-3-1-2-4(8-5)6(9)10;3*1-2/h1-15H,(H2,24,25)(H,26,28);1-8H,(H,14,15);1-8H,(H,14,15);3-7H,8-9H2,1-2H3;1-7H,12H2,(H2,13,14);1-3H,(H,9,10);2*1-2H3;2H,1H3. The van der Waals surface area contributed by atoms with E-state index < -0.39 is 23.8 Å². The largest absolute Gasteiger partial charge is 0.618 e. The topological polar surface area (TPSA) is 382 Å². The van der Waals surface area contributed by atoms with Gasteiger partial charge in [0, 0.05) is 103 Å². The van der Waals surface area contributed by atoms with Crippen molar-refractivity contribution in [1.82, 2.24) is 19.9 Å². The maximum absolute atomic E-state index is 12.7. The molecule has 1 aliphatic heterocycles. The lowest BCUT2D eigenvalue weighted by atomic mass is 9.76. The number of carbonyl (C=O) groups is 4. The van der Waals surface area contributed by atoms with Gasteiger partial charge in [-0.25, -0.2) is 34.3 Å². The number of nitrogens with one attached hydrogen (secondary N) is 1. The Labute approximate surface area is 623 Å². The summed E-state index contributed by atoms with van der Waals surface area (Å²) in [4.78, 5) is 59.9. The maximum atomic E-state index is 12.7. The number of rotatable bonds is 13. The van der Waals surface area contributed by atoms with Crippen LogP contribution in [-0.4, -0.2) is 91.6 Å². The SMILES string of the molecule is CC.CC.CC1(C)COB(c2ccccc2)OC1.CO.Nc1cc(Oc2ccc(NC(=O)c3cccc(-c4ccccc4)[n+]3[O-])cc2)ccn1.Nc1ccc(Oc2ccnc(N)c2)cc1.O=C(O)c1cccc(-c2ccccc2)[n+]1[O-].O=C(O)c1cccc(-c2ccccc2)n1.O=C(O)c1cccc(Br)n1. The van der Waals surface area contributed by atoms with Crippen LogP contribution in [0.1, 0.15) is 83.5 Å². The molecule has 26 heteroatoms. The molecular weight excluding hydrogens is 1420 g/mol. The molecule has 0 radical (unpaired) electrons. The fourth-order valence-electron chi connectivity index (χ4n) is 8.90. The van der Waals surface area contributed by atoms with Crippen molar-refractivity contribution in [2.75, 3.05) is 42.8 Å². The second-order valence-electron chi connectivity index (χ2n) is 22.1. The summed E-state index contributed by atoms with van der Waals surface area (Å²) >= 11 is 3.06. The van der Waals surface area contributed by atoms with Crippen molar-refractivity contribution in [1.29, 1.82) is 0 Å². The van der Waals surface area contributed by atoms with Gasteiger partial charge in [0.25, 0.3) is 5.69 Å². The summed E-state index contributed by atoms with van der Waals surface area (Å²) in [6, 6.07) is 77.3. The van der Waals surface area contributed by atoms with E-state index in [2.05, 4.69) is 55.0 Å². The van der Waals surface area contributed by atoms with Crippen LogP contribution in [0.15, 0.2) is 284 Å². The number of amides is 1. The van der Waals surface area contributed by atoms with Crippen LogP contribution in [-0.2, 0) is 9.31 Å². The van der Waals surface area contributed by atoms with Gasteiger partial charge in [0.1, 0.15) is 50.6 Å². The lowest BCUT2D eigenvalue weighted by Crippen LogP contribution is -2.47. The van der Waals surface area contributed by atoms with Crippen molar-refractivity contribution in [3.63, 3.8) is 0 Å². The number of anilines is 4. The summed E-state index contributed by atoms with van der Waals surface area (Å²) in [6.07, 6.45) is 3.16. The van der Waals surface area contributed by atoms with Crippen LogP contribution < -0.4 is 46.9 Å². The van der Waals surface area contributed by atoms with E-state index in [0.29, 0.717) is 77.0 Å². The predicted molar refractivity (Wildman–Crippen MR) is 415 cm³/mol. The molecule has 1 fully saturated rings. The van der Waals surface area contributed by atoms with E-state index in [1.807, 2.05) is 125 Å². The van der Waals surface area contributed by atoms with Gasteiger partial charge in [0.05, 0.1) is 5.69 Å².